The van der Waals surface area contributed by atoms with Crippen molar-refractivity contribution < 1.29 is 4.74 Å². The third kappa shape index (κ3) is 3.85. The SMILES string of the molecule is CC(C)Oc1cccnc1N(CCCBr)C1CCC1. The van der Waals surface area contributed by atoms with Crippen molar-refractivity contribution in [2.75, 3.05) is 16.8 Å². The molecule has 3 nitrogen and oxygen atoms in total. The highest BCUT2D eigenvalue weighted by Gasteiger charge is 2.27. The number of alkyl halides is 1. The van der Waals surface area contributed by atoms with E-state index >= 15 is 0 Å². The first-order valence-corrected chi connectivity index (χ1v) is 8.28. The lowest BCUT2D eigenvalue weighted by molar-refractivity contribution is 0.240. The van der Waals surface area contributed by atoms with E-state index in [1.807, 2.05) is 18.3 Å². The standard InChI is InChI=1S/C15H23BrN2O/c1-12(2)19-14-8-4-10-17-15(14)18(11-5-9-16)13-6-3-7-13/h4,8,10,12-13H,3,5-7,9,11H2,1-2H3. The predicted molar refractivity (Wildman–Crippen MR) is 83.4 cm³/mol. The minimum Gasteiger partial charge on any atom is -0.487 e. The van der Waals surface area contributed by atoms with Crippen LogP contribution in [-0.4, -0.2) is 29.0 Å². The summed E-state index contributed by atoms with van der Waals surface area (Å²) in [6.45, 7) is 5.16. The molecule has 0 spiro atoms. The normalized spacial score (nSPS) is 15.4. The second-order valence-electron chi connectivity index (χ2n) is 5.31. The Bertz CT molecular complexity index is 393. The van der Waals surface area contributed by atoms with E-state index in [1.165, 1.54) is 19.3 Å². The van der Waals surface area contributed by atoms with Gasteiger partial charge in [-0.3, -0.25) is 0 Å². The van der Waals surface area contributed by atoms with Gasteiger partial charge in [0, 0.05) is 24.1 Å². The molecule has 1 aromatic rings. The van der Waals surface area contributed by atoms with Crippen molar-refractivity contribution in [2.24, 2.45) is 0 Å². The second-order valence-corrected chi connectivity index (χ2v) is 6.11. The van der Waals surface area contributed by atoms with E-state index in [0.29, 0.717) is 6.04 Å². The van der Waals surface area contributed by atoms with Gasteiger partial charge in [0.15, 0.2) is 11.6 Å². The monoisotopic (exact) mass is 326 g/mol. The van der Waals surface area contributed by atoms with Crippen LogP contribution in [-0.2, 0) is 0 Å². The van der Waals surface area contributed by atoms with Gasteiger partial charge in [0.25, 0.3) is 0 Å². The molecule has 0 atom stereocenters. The summed E-state index contributed by atoms with van der Waals surface area (Å²) in [6, 6.07) is 4.62. The zero-order valence-corrected chi connectivity index (χ0v) is 13.4. The van der Waals surface area contributed by atoms with Gasteiger partial charge in [-0.05, 0) is 51.7 Å². The van der Waals surface area contributed by atoms with E-state index in [4.69, 9.17) is 4.74 Å². The van der Waals surface area contributed by atoms with Gasteiger partial charge >= 0.3 is 0 Å². The lowest BCUT2D eigenvalue weighted by atomic mass is 9.91. The summed E-state index contributed by atoms with van der Waals surface area (Å²) >= 11 is 3.52. The number of nitrogens with zero attached hydrogens (tertiary/aromatic N) is 2. The van der Waals surface area contributed by atoms with Crippen LogP contribution in [0.5, 0.6) is 5.75 Å². The number of halogens is 1. The van der Waals surface area contributed by atoms with E-state index in [1.54, 1.807) is 0 Å². The molecule has 1 saturated carbocycles. The molecule has 0 aromatic carbocycles. The molecule has 4 heteroatoms. The number of hydrogen-bond donors (Lipinski definition) is 0. The number of ether oxygens (including phenoxy) is 1. The molecule has 1 aliphatic carbocycles. The summed E-state index contributed by atoms with van der Waals surface area (Å²) in [5.41, 5.74) is 0. The highest BCUT2D eigenvalue weighted by atomic mass is 79.9. The highest BCUT2D eigenvalue weighted by molar-refractivity contribution is 9.09. The molecule has 0 N–H and O–H groups in total. The lowest BCUT2D eigenvalue weighted by Gasteiger charge is -2.39. The topological polar surface area (TPSA) is 25.4 Å². The predicted octanol–water partition coefficient (Wildman–Crippen LogP) is 4.01. The number of hydrogen-bond acceptors (Lipinski definition) is 3. The fourth-order valence-corrected chi connectivity index (χ4v) is 2.58. The maximum Gasteiger partial charge on any atom is 0.171 e. The molecular weight excluding hydrogens is 304 g/mol. The molecule has 0 saturated heterocycles. The minimum atomic E-state index is 0.183. The average Bonchev–Trinajstić information content (AvgIpc) is 2.32. The van der Waals surface area contributed by atoms with Gasteiger partial charge < -0.3 is 9.64 Å². The average molecular weight is 327 g/mol. The summed E-state index contributed by atoms with van der Waals surface area (Å²) in [6.07, 6.45) is 7.07. The Balaban J connectivity index is 2.19. The molecule has 0 amide bonds. The van der Waals surface area contributed by atoms with Gasteiger partial charge in [-0.1, -0.05) is 15.9 Å². The third-order valence-corrected chi connectivity index (χ3v) is 3.99. The zero-order chi connectivity index (χ0) is 13.7. The number of rotatable bonds is 7. The van der Waals surface area contributed by atoms with E-state index in [9.17, 15) is 0 Å². The van der Waals surface area contributed by atoms with Crippen LogP contribution in [0.15, 0.2) is 18.3 Å². The van der Waals surface area contributed by atoms with Crippen LogP contribution >= 0.6 is 15.9 Å². The van der Waals surface area contributed by atoms with Gasteiger partial charge in [0.2, 0.25) is 0 Å². The highest BCUT2D eigenvalue weighted by Crippen LogP contribution is 2.34. The molecule has 1 aliphatic rings. The molecule has 0 bridgehead atoms. The summed E-state index contributed by atoms with van der Waals surface area (Å²) in [7, 11) is 0. The first kappa shape index (κ1) is 14.6. The van der Waals surface area contributed by atoms with E-state index < -0.39 is 0 Å². The van der Waals surface area contributed by atoms with Crippen LogP contribution in [0.4, 0.5) is 5.82 Å². The molecule has 1 aromatic heterocycles. The Morgan fingerprint density at radius 3 is 2.84 bits per heavy atom. The molecule has 1 fully saturated rings. The van der Waals surface area contributed by atoms with E-state index in [0.717, 1.165) is 29.9 Å². The van der Waals surface area contributed by atoms with Gasteiger partial charge in [-0.2, -0.15) is 0 Å². The van der Waals surface area contributed by atoms with Gasteiger partial charge in [-0.25, -0.2) is 4.98 Å². The largest absolute Gasteiger partial charge is 0.487 e. The Hall–Kier alpha value is -0.770. The van der Waals surface area contributed by atoms with Crippen molar-refractivity contribution in [3.63, 3.8) is 0 Å². The summed E-state index contributed by atoms with van der Waals surface area (Å²) in [5.74, 6) is 1.93. The van der Waals surface area contributed by atoms with Crippen molar-refractivity contribution in [1.29, 1.82) is 0 Å². The summed E-state index contributed by atoms with van der Waals surface area (Å²) in [5, 5.41) is 1.03. The quantitative estimate of drug-likeness (QED) is 0.708. The first-order valence-electron chi connectivity index (χ1n) is 7.16. The minimum absolute atomic E-state index is 0.183. The van der Waals surface area contributed by atoms with Crippen LogP contribution in [0, 0.1) is 0 Å². The Morgan fingerprint density at radius 2 is 2.26 bits per heavy atom. The molecule has 106 valence electrons. The molecular formula is C15H23BrN2O. The Labute approximate surface area is 124 Å². The second kappa shape index (κ2) is 7.13. The molecule has 0 radical (unpaired) electrons. The third-order valence-electron chi connectivity index (χ3n) is 3.43. The Morgan fingerprint density at radius 1 is 1.47 bits per heavy atom. The Kier molecular flexibility index (Phi) is 5.49. The fourth-order valence-electron chi connectivity index (χ4n) is 2.33. The van der Waals surface area contributed by atoms with Gasteiger partial charge in [-0.15, -0.1) is 0 Å². The van der Waals surface area contributed by atoms with Crippen molar-refractivity contribution in [2.45, 2.75) is 51.7 Å². The van der Waals surface area contributed by atoms with Crippen LogP contribution in [0.25, 0.3) is 0 Å². The maximum absolute atomic E-state index is 5.91. The summed E-state index contributed by atoms with van der Waals surface area (Å²) in [4.78, 5) is 7.01. The van der Waals surface area contributed by atoms with Crippen molar-refractivity contribution in [3.8, 4) is 5.75 Å². The zero-order valence-electron chi connectivity index (χ0n) is 11.8. The number of anilines is 1. The van der Waals surface area contributed by atoms with Gasteiger partial charge in [0.05, 0.1) is 6.10 Å². The molecule has 1 heterocycles. The van der Waals surface area contributed by atoms with Crippen molar-refractivity contribution in [3.05, 3.63) is 18.3 Å². The fraction of sp³-hybridized carbons (Fsp3) is 0.667. The molecule has 2 rings (SSSR count). The number of aromatic nitrogens is 1. The first-order chi connectivity index (χ1) is 9.22. The van der Waals surface area contributed by atoms with Crippen molar-refractivity contribution in [1.82, 2.24) is 4.98 Å². The van der Waals surface area contributed by atoms with Crippen LogP contribution in [0.2, 0.25) is 0 Å². The van der Waals surface area contributed by atoms with E-state index in [-0.39, 0.29) is 6.10 Å². The van der Waals surface area contributed by atoms with Crippen LogP contribution < -0.4 is 9.64 Å². The van der Waals surface area contributed by atoms with Crippen LogP contribution in [0.3, 0.4) is 0 Å². The molecule has 0 unspecified atom stereocenters. The van der Waals surface area contributed by atoms with E-state index in [2.05, 4.69) is 39.7 Å². The maximum atomic E-state index is 5.91. The lowest BCUT2D eigenvalue weighted by Crippen LogP contribution is -2.41. The molecule has 0 aliphatic heterocycles. The van der Waals surface area contributed by atoms with Gasteiger partial charge in [0.1, 0.15) is 0 Å². The molecule has 19 heavy (non-hydrogen) atoms. The summed E-state index contributed by atoms with van der Waals surface area (Å²) < 4.78 is 5.91. The van der Waals surface area contributed by atoms with Crippen LogP contribution in [0.1, 0.15) is 39.5 Å². The smallest absolute Gasteiger partial charge is 0.171 e. The van der Waals surface area contributed by atoms with Crippen molar-refractivity contribution >= 4 is 21.7 Å². The number of pyridine rings is 1.